The number of halogens is 1. The first-order valence-electron chi connectivity index (χ1n) is 5.95. The molecule has 2 aliphatic heterocycles. The fraction of sp³-hybridized carbons (Fsp3) is 0.538. The fourth-order valence-electron chi connectivity index (χ4n) is 3.07. The van der Waals surface area contributed by atoms with E-state index in [-0.39, 0.29) is 5.82 Å². The topological polar surface area (TPSA) is 15.3 Å². The van der Waals surface area contributed by atoms with Crippen molar-refractivity contribution in [2.45, 2.75) is 32.4 Å². The second kappa shape index (κ2) is 3.45. The lowest BCUT2D eigenvalue weighted by Gasteiger charge is -2.38. The zero-order valence-electron chi connectivity index (χ0n) is 9.76. The molecule has 1 N–H and O–H groups in total. The lowest BCUT2D eigenvalue weighted by atomic mass is 10.0. The maximum absolute atomic E-state index is 14.0. The molecule has 2 aliphatic rings. The molecule has 1 fully saturated rings. The minimum Gasteiger partial charge on any atom is -0.360 e. The summed E-state index contributed by atoms with van der Waals surface area (Å²) in [6.45, 7) is 6.16. The number of rotatable bonds is 0. The Bertz CT molecular complexity index is 430. The maximum Gasteiger partial charge on any atom is 0.146 e. The summed E-state index contributed by atoms with van der Waals surface area (Å²) >= 11 is 0. The van der Waals surface area contributed by atoms with Gasteiger partial charge in [-0.05, 0) is 37.5 Å². The predicted molar refractivity (Wildman–Crippen MR) is 63.4 cm³/mol. The lowest BCUT2D eigenvalue weighted by Crippen LogP contribution is -2.55. The van der Waals surface area contributed by atoms with E-state index in [2.05, 4.69) is 24.1 Å². The van der Waals surface area contributed by atoms with Crippen molar-refractivity contribution in [3.05, 3.63) is 29.1 Å². The van der Waals surface area contributed by atoms with Gasteiger partial charge >= 0.3 is 0 Å². The molecule has 1 saturated heterocycles. The Morgan fingerprint density at radius 3 is 3.00 bits per heavy atom. The number of hydrogen-bond acceptors (Lipinski definition) is 2. The molecular weight excluding hydrogens is 203 g/mol. The van der Waals surface area contributed by atoms with Crippen LogP contribution in [-0.4, -0.2) is 25.2 Å². The molecule has 0 aliphatic carbocycles. The SMILES string of the molecule is Cc1ccc(F)c2c1C[C@H]1CNCC(C)N21. The van der Waals surface area contributed by atoms with Gasteiger partial charge in [-0.15, -0.1) is 0 Å². The molecule has 1 aromatic carbocycles. The van der Waals surface area contributed by atoms with E-state index in [1.807, 2.05) is 6.07 Å². The monoisotopic (exact) mass is 220 g/mol. The van der Waals surface area contributed by atoms with Crippen LogP contribution in [0.25, 0.3) is 0 Å². The van der Waals surface area contributed by atoms with Crippen LogP contribution in [0.3, 0.4) is 0 Å². The van der Waals surface area contributed by atoms with E-state index in [0.29, 0.717) is 12.1 Å². The number of fused-ring (bicyclic) bond motifs is 3. The Kier molecular flexibility index (Phi) is 2.18. The lowest BCUT2D eigenvalue weighted by molar-refractivity contribution is 0.425. The average Bonchev–Trinajstić information content (AvgIpc) is 2.65. The number of anilines is 1. The van der Waals surface area contributed by atoms with Gasteiger partial charge in [-0.25, -0.2) is 4.39 Å². The van der Waals surface area contributed by atoms with Gasteiger partial charge in [-0.3, -0.25) is 0 Å². The van der Waals surface area contributed by atoms with Gasteiger partial charge in [-0.2, -0.15) is 0 Å². The first kappa shape index (κ1) is 10.1. The molecule has 86 valence electrons. The number of nitrogens with one attached hydrogen (secondary N) is 1. The van der Waals surface area contributed by atoms with Crippen molar-refractivity contribution in [2.75, 3.05) is 18.0 Å². The van der Waals surface area contributed by atoms with Crippen LogP contribution in [0.4, 0.5) is 10.1 Å². The molecule has 0 spiro atoms. The molecule has 0 saturated carbocycles. The molecule has 3 heteroatoms. The molecule has 1 unspecified atom stereocenters. The van der Waals surface area contributed by atoms with Crippen LogP contribution in [0.1, 0.15) is 18.1 Å². The van der Waals surface area contributed by atoms with Gasteiger partial charge in [0, 0.05) is 25.2 Å². The molecule has 0 aromatic heterocycles. The smallest absolute Gasteiger partial charge is 0.146 e. The van der Waals surface area contributed by atoms with Crippen molar-refractivity contribution < 1.29 is 4.39 Å². The highest BCUT2D eigenvalue weighted by Crippen LogP contribution is 2.38. The number of aryl methyl sites for hydroxylation is 1. The van der Waals surface area contributed by atoms with Gasteiger partial charge in [0.2, 0.25) is 0 Å². The number of piperazine rings is 1. The van der Waals surface area contributed by atoms with Gasteiger partial charge in [0.1, 0.15) is 5.82 Å². The molecule has 1 aromatic rings. The van der Waals surface area contributed by atoms with Gasteiger partial charge in [0.25, 0.3) is 0 Å². The molecule has 2 heterocycles. The van der Waals surface area contributed by atoms with Crippen LogP contribution in [0.2, 0.25) is 0 Å². The third kappa shape index (κ3) is 1.27. The summed E-state index contributed by atoms with van der Waals surface area (Å²) in [5.74, 6) is -0.0585. The normalized spacial score (nSPS) is 27.8. The predicted octanol–water partition coefficient (Wildman–Crippen LogP) is 1.86. The largest absolute Gasteiger partial charge is 0.360 e. The number of nitrogens with zero attached hydrogens (tertiary/aromatic N) is 1. The van der Waals surface area contributed by atoms with Crippen LogP contribution < -0.4 is 10.2 Å². The summed E-state index contributed by atoms with van der Waals surface area (Å²) in [6, 6.07) is 4.32. The highest BCUT2D eigenvalue weighted by Gasteiger charge is 2.37. The first-order chi connectivity index (χ1) is 7.68. The van der Waals surface area contributed by atoms with Crippen molar-refractivity contribution in [1.82, 2.24) is 5.32 Å². The minimum absolute atomic E-state index is 0.0585. The summed E-state index contributed by atoms with van der Waals surface area (Å²) < 4.78 is 14.0. The summed E-state index contributed by atoms with van der Waals surface area (Å²) in [5, 5.41) is 3.42. The Hall–Kier alpha value is -1.09. The molecule has 0 bridgehead atoms. The van der Waals surface area contributed by atoms with Crippen LogP contribution >= 0.6 is 0 Å². The van der Waals surface area contributed by atoms with E-state index in [1.165, 1.54) is 11.1 Å². The van der Waals surface area contributed by atoms with Crippen LogP contribution in [0.5, 0.6) is 0 Å². The van der Waals surface area contributed by atoms with E-state index >= 15 is 0 Å². The van der Waals surface area contributed by atoms with Gasteiger partial charge in [0.15, 0.2) is 0 Å². The summed E-state index contributed by atoms with van der Waals surface area (Å²) in [4.78, 5) is 2.27. The Morgan fingerprint density at radius 1 is 1.38 bits per heavy atom. The van der Waals surface area contributed by atoms with Crippen molar-refractivity contribution >= 4 is 5.69 Å². The van der Waals surface area contributed by atoms with E-state index in [4.69, 9.17) is 0 Å². The minimum atomic E-state index is -0.0585. The summed E-state index contributed by atoms with van der Waals surface area (Å²) in [5.41, 5.74) is 3.29. The van der Waals surface area contributed by atoms with Crippen molar-refractivity contribution in [2.24, 2.45) is 0 Å². The van der Waals surface area contributed by atoms with E-state index in [1.54, 1.807) is 6.07 Å². The van der Waals surface area contributed by atoms with Crippen LogP contribution in [-0.2, 0) is 6.42 Å². The number of benzene rings is 1. The second-order valence-corrected chi connectivity index (χ2v) is 4.96. The highest BCUT2D eigenvalue weighted by molar-refractivity contribution is 5.64. The third-order valence-electron chi connectivity index (χ3n) is 3.85. The molecule has 16 heavy (non-hydrogen) atoms. The molecule has 0 amide bonds. The standard InChI is InChI=1S/C13H17FN2/c1-8-3-4-12(14)13-11(8)5-10-7-15-6-9(2)16(10)13/h3-4,9-10,15H,5-7H2,1-2H3/t9?,10-/m0/s1. The van der Waals surface area contributed by atoms with Crippen molar-refractivity contribution in [3.63, 3.8) is 0 Å². The molecule has 0 radical (unpaired) electrons. The van der Waals surface area contributed by atoms with E-state index in [0.717, 1.165) is 25.2 Å². The molecular formula is C13H17FN2. The average molecular weight is 220 g/mol. The Balaban J connectivity index is 2.13. The molecule has 3 rings (SSSR count). The fourth-order valence-corrected chi connectivity index (χ4v) is 3.07. The first-order valence-corrected chi connectivity index (χ1v) is 5.95. The number of hydrogen-bond donors (Lipinski definition) is 1. The zero-order valence-corrected chi connectivity index (χ0v) is 9.76. The van der Waals surface area contributed by atoms with Gasteiger partial charge < -0.3 is 10.2 Å². The quantitative estimate of drug-likeness (QED) is 0.718. The van der Waals surface area contributed by atoms with Gasteiger partial charge in [-0.1, -0.05) is 6.07 Å². The zero-order chi connectivity index (χ0) is 11.3. The maximum atomic E-state index is 14.0. The molecule has 2 nitrogen and oxygen atoms in total. The van der Waals surface area contributed by atoms with E-state index in [9.17, 15) is 4.39 Å². The van der Waals surface area contributed by atoms with E-state index < -0.39 is 0 Å². The summed E-state index contributed by atoms with van der Waals surface area (Å²) in [7, 11) is 0. The second-order valence-electron chi connectivity index (χ2n) is 4.96. The van der Waals surface area contributed by atoms with Crippen molar-refractivity contribution in [3.8, 4) is 0 Å². The summed E-state index contributed by atoms with van der Waals surface area (Å²) in [6.07, 6.45) is 0.982. The third-order valence-corrected chi connectivity index (χ3v) is 3.85. The van der Waals surface area contributed by atoms with Crippen LogP contribution in [0.15, 0.2) is 12.1 Å². The van der Waals surface area contributed by atoms with Crippen molar-refractivity contribution in [1.29, 1.82) is 0 Å². The molecule has 2 atom stereocenters. The van der Waals surface area contributed by atoms with Crippen LogP contribution in [0, 0.1) is 12.7 Å². The highest BCUT2D eigenvalue weighted by atomic mass is 19.1. The Morgan fingerprint density at radius 2 is 2.19 bits per heavy atom. The van der Waals surface area contributed by atoms with Gasteiger partial charge in [0.05, 0.1) is 5.69 Å². The Labute approximate surface area is 95.4 Å².